The molecule has 0 N–H and O–H groups in total. The normalized spacial score (nSPS) is 15.8. The second-order valence-corrected chi connectivity index (χ2v) is 4.39. The van der Waals surface area contributed by atoms with Gasteiger partial charge in [-0.2, -0.15) is 13.2 Å². The van der Waals surface area contributed by atoms with Crippen LogP contribution in [0.3, 0.4) is 0 Å². The van der Waals surface area contributed by atoms with E-state index >= 15 is 0 Å². The Morgan fingerprint density at radius 1 is 1.24 bits per heavy atom. The SMILES string of the molecule is CN(C)c1ccc(OC2CC2)c(C(F)(F)F)c1. The maximum absolute atomic E-state index is 12.9. The summed E-state index contributed by atoms with van der Waals surface area (Å²) in [5.41, 5.74) is -0.184. The highest BCUT2D eigenvalue weighted by molar-refractivity contribution is 5.53. The number of anilines is 1. The Hall–Kier alpha value is -1.39. The van der Waals surface area contributed by atoms with E-state index in [1.807, 2.05) is 0 Å². The van der Waals surface area contributed by atoms with Gasteiger partial charge < -0.3 is 9.64 Å². The first-order chi connectivity index (χ1) is 7.88. The van der Waals surface area contributed by atoms with Crippen molar-refractivity contribution in [2.75, 3.05) is 19.0 Å². The maximum atomic E-state index is 12.9. The molecule has 17 heavy (non-hydrogen) atoms. The Balaban J connectivity index is 2.36. The van der Waals surface area contributed by atoms with Gasteiger partial charge in [0.1, 0.15) is 5.75 Å². The van der Waals surface area contributed by atoms with E-state index < -0.39 is 11.7 Å². The molecule has 0 unspecified atom stereocenters. The molecule has 1 aromatic rings. The number of halogens is 3. The number of hydrogen-bond donors (Lipinski definition) is 0. The molecule has 0 saturated heterocycles. The zero-order chi connectivity index (χ0) is 12.6. The highest BCUT2D eigenvalue weighted by Crippen LogP contribution is 2.40. The molecule has 0 heterocycles. The zero-order valence-electron chi connectivity index (χ0n) is 9.71. The van der Waals surface area contributed by atoms with Gasteiger partial charge in [0.2, 0.25) is 0 Å². The van der Waals surface area contributed by atoms with Gasteiger partial charge in [-0.25, -0.2) is 0 Å². The predicted molar refractivity (Wildman–Crippen MR) is 59.4 cm³/mol. The van der Waals surface area contributed by atoms with E-state index in [0.717, 1.165) is 18.9 Å². The van der Waals surface area contributed by atoms with Gasteiger partial charge in [0.15, 0.2) is 0 Å². The van der Waals surface area contributed by atoms with Crippen LogP contribution in [0.1, 0.15) is 18.4 Å². The Morgan fingerprint density at radius 3 is 2.35 bits per heavy atom. The summed E-state index contributed by atoms with van der Waals surface area (Å²) >= 11 is 0. The van der Waals surface area contributed by atoms with E-state index in [9.17, 15) is 13.2 Å². The van der Waals surface area contributed by atoms with Crippen molar-refractivity contribution >= 4 is 5.69 Å². The van der Waals surface area contributed by atoms with E-state index in [1.165, 1.54) is 6.07 Å². The minimum absolute atomic E-state index is 0.0405. The third kappa shape index (κ3) is 2.84. The summed E-state index contributed by atoms with van der Waals surface area (Å²) in [6.07, 6.45) is -2.74. The Kier molecular flexibility index (Phi) is 2.93. The second kappa shape index (κ2) is 4.13. The molecule has 0 amide bonds. The summed E-state index contributed by atoms with van der Waals surface area (Å²) in [4.78, 5) is 1.64. The lowest BCUT2D eigenvalue weighted by Crippen LogP contribution is -2.13. The molecule has 0 aromatic heterocycles. The smallest absolute Gasteiger partial charge is 0.420 e. The minimum Gasteiger partial charge on any atom is -0.490 e. The topological polar surface area (TPSA) is 12.5 Å². The number of alkyl halides is 3. The van der Waals surface area contributed by atoms with Crippen LogP contribution in [0, 0.1) is 0 Å². The quantitative estimate of drug-likeness (QED) is 0.810. The lowest BCUT2D eigenvalue weighted by molar-refractivity contribution is -0.139. The van der Waals surface area contributed by atoms with Crippen LogP contribution in [0.25, 0.3) is 0 Å². The van der Waals surface area contributed by atoms with E-state index in [1.54, 1.807) is 25.1 Å². The van der Waals surface area contributed by atoms with Crippen LogP contribution >= 0.6 is 0 Å². The van der Waals surface area contributed by atoms with E-state index in [0.29, 0.717) is 5.69 Å². The van der Waals surface area contributed by atoms with Crippen molar-refractivity contribution in [2.24, 2.45) is 0 Å². The molecule has 1 aliphatic carbocycles. The first-order valence-corrected chi connectivity index (χ1v) is 5.43. The fourth-order valence-electron chi connectivity index (χ4n) is 1.49. The molecule has 0 spiro atoms. The van der Waals surface area contributed by atoms with Gasteiger partial charge >= 0.3 is 6.18 Å². The molecule has 0 radical (unpaired) electrons. The summed E-state index contributed by atoms with van der Waals surface area (Å²) in [5, 5.41) is 0. The van der Waals surface area contributed by atoms with Crippen molar-refractivity contribution in [3.05, 3.63) is 23.8 Å². The first-order valence-electron chi connectivity index (χ1n) is 5.43. The van der Waals surface area contributed by atoms with Gasteiger partial charge in [-0.3, -0.25) is 0 Å². The molecule has 2 nitrogen and oxygen atoms in total. The molecule has 94 valence electrons. The molecule has 2 rings (SSSR count). The van der Waals surface area contributed by atoms with Crippen LogP contribution in [0.5, 0.6) is 5.75 Å². The summed E-state index contributed by atoms with van der Waals surface area (Å²) in [5.74, 6) is -0.0643. The van der Waals surface area contributed by atoms with Gasteiger partial charge in [0, 0.05) is 19.8 Å². The third-order valence-electron chi connectivity index (χ3n) is 2.60. The van der Waals surface area contributed by atoms with Crippen LogP contribution in [0.15, 0.2) is 18.2 Å². The van der Waals surface area contributed by atoms with Gasteiger partial charge in [-0.1, -0.05) is 0 Å². The monoisotopic (exact) mass is 245 g/mol. The van der Waals surface area contributed by atoms with E-state index in [2.05, 4.69) is 0 Å². The van der Waals surface area contributed by atoms with E-state index in [4.69, 9.17) is 4.74 Å². The maximum Gasteiger partial charge on any atom is 0.420 e. The third-order valence-corrected chi connectivity index (χ3v) is 2.60. The van der Waals surface area contributed by atoms with Gasteiger partial charge in [0.05, 0.1) is 11.7 Å². The zero-order valence-corrected chi connectivity index (χ0v) is 9.71. The molecule has 0 aliphatic heterocycles. The van der Waals surface area contributed by atoms with Gasteiger partial charge in [-0.15, -0.1) is 0 Å². The number of nitrogens with zero attached hydrogens (tertiary/aromatic N) is 1. The predicted octanol–water partition coefficient (Wildman–Crippen LogP) is 3.31. The number of benzene rings is 1. The van der Waals surface area contributed by atoms with Crippen molar-refractivity contribution in [3.8, 4) is 5.75 Å². The lowest BCUT2D eigenvalue weighted by atomic mass is 10.1. The number of rotatable bonds is 3. The van der Waals surface area contributed by atoms with Gasteiger partial charge in [-0.05, 0) is 31.0 Å². The van der Waals surface area contributed by atoms with Crippen molar-refractivity contribution < 1.29 is 17.9 Å². The molecule has 1 aromatic carbocycles. The van der Waals surface area contributed by atoms with Gasteiger partial charge in [0.25, 0.3) is 0 Å². The van der Waals surface area contributed by atoms with Crippen LogP contribution in [-0.4, -0.2) is 20.2 Å². The Bertz CT molecular complexity index is 411. The average molecular weight is 245 g/mol. The number of ether oxygens (including phenoxy) is 1. The van der Waals surface area contributed by atoms with Crippen LogP contribution in [0.2, 0.25) is 0 Å². The van der Waals surface area contributed by atoms with Crippen molar-refractivity contribution in [1.29, 1.82) is 0 Å². The summed E-state index contributed by atoms with van der Waals surface area (Å²) in [6.45, 7) is 0. The molecule has 1 fully saturated rings. The Labute approximate surface area is 98.0 Å². The fraction of sp³-hybridized carbons (Fsp3) is 0.500. The molecule has 1 saturated carbocycles. The molecule has 5 heteroatoms. The summed E-state index contributed by atoms with van der Waals surface area (Å²) < 4.78 is 43.9. The average Bonchev–Trinajstić information content (AvgIpc) is 3.00. The molecule has 0 atom stereocenters. The van der Waals surface area contributed by atoms with Crippen molar-refractivity contribution in [1.82, 2.24) is 0 Å². The van der Waals surface area contributed by atoms with Crippen LogP contribution < -0.4 is 9.64 Å². The molecular weight excluding hydrogens is 231 g/mol. The lowest BCUT2D eigenvalue weighted by Gasteiger charge is -2.18. The molecule has 0 bridgehead atoms. The first kappa shape index (κ1) is 12.1. The number of hydrogen-bond acceptors (Lipinski definition) is 2. The van der Waals surface area contributed by atoms with Crippen molar-refractivity contribution in [3.63, 3.8) is 0 Å². The van der Waals surface area contributed by atoms with Crippen LogP contribution in [-0.2, 0) is 6.18 Å². The summed E-state index contributed by atoms with van der Waals surface area (Å²) in [6, 6.07) is 4.15. The standard InChI is InChI=1S/C12H14F3NO/c1-16(2)8-3-6-11(17-9-4-5-9)10(7-8)12(13,14)15/h3,6-7,9H,4-5H2,1-2H3. The minimum atomic E-state index is -4.38. The second-order valence-electron chi connectivity index (χ2n) is 4.39. The highest BCUT2D eigenvalue weighted by atomic mass is 19.4. The molecule has 1 aliphatic rings. The van der Waals surface area contributed by atoms with E-state index in [-0.39, 0.29) is 11.9 Å². The largest absolute Gasteiger partial charge is 0.490 e. The van der Waals surface area contributed by atoms with Crippen LogP contribution in [0.4, 0.5) is 18.9 Å². The fourth-order valence-corrected chi connectivity index (χ4v) is 1.49. The molecular formula is C12H14F3NO. The van der Waals surface area contributed by atoms with Crippen molar-refractivity contribution in [2.45, 2.75) is 25.1 Å². The summed E-state index contributed by atoms with van der Waals surface area (Å²) in [7, 11) is 3.41. The highest BCUT2D eigenvalue weighted by Gasteiger charge is 2.36. The Morgan fingerprint density at radius 2 is 1.88 bits per heavy atom.